The zero-order chi connectivity index (χ0) is 21.8. The fourth-order valence-corrected chi connectivity index (χ4v) is 4.18. The summed E-state index contributed by atoms with van der Waals surface area (Å²) in [4.78, 5) is 22.9. The molecule has 0 fully saturated rings. The summed E-state index contributed by atoms with van der Waals surface area (Å²) in [5.41, 5.74) is 5.11. The molecule has 1 N–H and O–H groups in total. The van der Waals surface area contributed by atoms with Crippen molar-refractivity contribution in [3.05, 3.63) is 71.7 Å². The molecule has 5 aromatic heterocycles. The van der Waals surface area contributed by atoms with E-state index in [0.717, 1.165) is 28.3 Å². The Labute approximate surface area is 181 Å². The summed E-state index contributed by atoms with van der Waals surface area (Å²) < 4.78 is 9.21. The minimum Gasteiger partial charge on any atom is -0.412 e. The molecule has 160 valence electrons. The van der Waals surface area contributed by atoms with Gasteiger partial charge in [-0.05, 0) is 25.1 Å². The number of imidazole rings is 1. The number of amides is 1. The first kappa shape index (κ1) is 18.5. The molecule has 0 bridgehead atoms. The molecular formula is C21H19N9O2. The smallest absolute Gasteiger partial charge is 0.312 e. The number of hydrogen-bond donors (Lipinski definition) is 1. The molecule has 0 aliphatic carbocycles. The number of carbonyl (C=O) groups excluding carboxylic acids is 1. The quantitative estimate of drug-likeness (QED) is 0.465. The molecule has 5 aromatic rings. The summed E-state index contributed by atoms with van der Waals surface area (Å²) in [6.45, 7) is 2.46. The Morgan fingerprint density at radius 3 is 3.00 bits per heavy atom. The van der Waals surface area contributed by atoms with Crippen molar-refractivity contribution in [3.63, 3.8) is 0 Å². The highest BCUT2D eigenvalue weighted by atomic mass is 16.4. The van der Waals surface area contributed by atoms with Crippen molar-refractivity contribution in [2.75, 3.05) is 6.54 Å². The van der Waals surface area contributed by atoms with Crippen LogP contribution >= 0.6 is 0 Å². The number of rotatable bonds is 3. The molecule has 6 heterocycles. The first-order valence-corrected chi connectivity index (χ1v) is 10.2. The van der Waals surface area contributed by atoms with E-state index < -0.39 is 6.04 Å². The largest absolute Gasteiger partial charge is 0.412 e. The molecule has 1 aliphatic heterocycles. The Morgan fingerprint density at radius 2 is 2.19 bits per heavy atom. The van der Waals surface area contributed by atoms with Crippen LogP contribution in [0.3, 0.4) is 0 Å². The fraction of sp³-hybridized carbons (Fsp3) is 0.238. The second-order valence-electron chi connectivity index (χ2n) is 7.81. The highest BCUT2D eigenvalue weighted by molar-refractivity contribution is 5.90. The van der Waals surface area contributed by atoms with Gasteiger partial charge in [0.05, 0.1) is 35.0 Å². The van der Waals surface area contributed by atoms with E-state index in [-0.39, 0.29) is 17.7 Å². The van der Waals surface area contributed by atoms with Gasteiger partial charge in [0.1, 0.15) is 6.04 Å². The van der Waals surface area contributed by atoms with Gasteiger partial charge in [0.15, 0.2) is 0 Å². The molecule has 1 aliphatic rings. The minimum absolute atomic E-state index is 0.0761. The molecule has 0 radical (unpaired) electrons. The highest BCUT2D eigenvalue weighted by Gasteiger charge is 2.38. The van der Waals surface area contributed by atoms with Crippen LogP contribution in [0.4, 0.5) is 0 Å². The maximum absolute atomic E-state index is 13.5. The van der Waals surface area contributed by atoms with Crippen LogP contribution in [0.5, 0.6) is 0 Å². The molecular weight excluding hydrogens is 410 g/mol. The van der Waals surface area contributed by atoms with Crippen molar-refractivity contribution in [2.24, 2.45) is 7.05 Å². The van der Waals surface area contributed by atoms with Crippen molar-refractivity contribution >= 4 is 11.4 Å². The third-order valence-electron chi connectivity index (χ3n) is 5.72. The monoisotopic (exact) mass is 429 g/mol. The Bertz CT molecular complexity index is 1460. The number of nitrogens with zero attached hydrogens (tertiary/aromatic N) is 8. The molecule has 0 saturated heterocycles. The van der Waals surface area contributed by atoms with Crippen LogP contribution in [-0.2, 0) is 13.5 Å². The van der Waals surface area contributed by atoms with Crippen molar-refractivity contribution in [2.45, 2.75) is 19.4 Å². The van der Waals surface area contributed by atoms with Crippen LogP contribution in [0.1, 0.15) is 39.5 Å². The first-order valence-electron chi connectivity index (χ1n) is 10.2. The predicted octanol–water partition coefficient (Wildman–Crippen LogP) is 1.94. The average Bonchev–Trinajstić information content (AvgIpc) is 3.57. The second-order valence-corrected chi connectivity index (χ2v) is 7.81. The average molecular weight is 429 g/mol. The van der Waals surface area contributed by atoms with Gasteiger partial charge in [-0.2, -0.15) is 10.2 Å². The van der Waals surface area contributed by atoms with Gasteiger partial charge in [0.2, 0.25) is 0 Å². The summed E-state index contributed by atoms with van der Waals surface area (Å²) in [6.07, 6.45) is 5.66. The Morgan fingerprint density at radius 1 is 1.28 bits per heavy atom. The molecule has 11 nitrogen and oxygen atoms in total. The normalized spacial score (nSPS) is 15.9. The van der Waals surface area contributed by atoms with Gasteiger partial charge in [-0.1, -0.05) is 6.07 Å². The van der Waals surface area contributed by atoms with Gasteiger partial charge in [-0.25, -0.2) is 9.50 Å². The van der Waals surface area contributed by atoms with Gasteiger partial charge in [0.25, 0.3) is 5.89 Å². The lowest BCUT2D eigenvalue weighted by Crippen LogP contribution is -2.41. The number of nitrogens with one attached hydrogen (secondary N) is 1. The molecule has 6 rings (SSSR count). The van der Waals surface area contributed by atoms with Crippen molar-refractivity contribution in [3.8, 4) is 11.5 Å². The van der Waals surface area contributed by atoms with Gasteiger partial charge in [0, 0.05) is 37.6 Å². The van der Waals surface area contributed by atoms with E-state index in [1.807, 2.05) is 35.7 Å². The lowest BCUT2D eigenvalue weighted by molar-refractivity contribution is 0.0646. The van der Waals surface area contributed by atoms with Crippen LogP contribution in [-0.4, -0.2) is 56.9 Å². The Hall–Kier alpha value is -4.28. The standard InChI is InChI=1S/C21H19N9O2/c1-12-4-3-5-14-8-16(27-30(12)14)18-17-15(22-11-23-17)6-7-29(18)21(31)20-26-25-19(32-20)13-9-24-28(2)10-13/h3-5,8-11,18H,6-7H2,1-2H3,(H,22,23). The lowest BCUT2D eigenvalue weighted by atomic mass is 9.99. The summed E-state index contributed by atoms with van der Waals surface area (Å²) in [5, 5.41) is 16.9. The maximum atomic E-state index is 13.5. The summed E-state index contributed by atoms with van der Waals surface area (Å²) in [6, 6.07) is 7.48. The van der Waals surface area contributed by atoms with Crippen LogP contribution in [0.2, 0.25) is 0 Å². The van der Waals surface area contributed by atoms with E-state index in [0.29, 0.717) is 18.5 Å². The van der Waals surface area contributed by atoms with Crippen LogP contribution < -0.4 is 0 Å². The van der Waals surface area contributed by atoms with Gasteiger partial charge < -0.3 is 14.3 Å². The SMILES string of the molecule is Cc1cccc2cc(C3c4nc[nH]c4CCN3C(=O)c3nnc(-c4cnn(C)c4)o3)nn12. The van der Waals surface area contributed by atoms with E-state index in [1.54, 1.807) is 35.4 Å². The predicted molar refractivity (Wildman–Crippen MR) is 112 cm³/mol. The van der Waals surface area contributed by atoms with E-state index in [9.17, 15) is 4.79 Å². The molecule has 1 unspecified atom stereocenters. The maximum Gasteiger partial charge on any atom is 0.312 e. The molecule has 1 atom stereocenters. The van der Waals surface area contributed by atoms with Crippen molar-refractivity contribution in [1.29, 1.82) is 0 Å². The number of aromatic nitrogens is 8. The van der Waals surface area contributed by atoms with Crippen LogP contribution in [0.25, 0.3) is 17.0 Å². The van der Waals surface area contributed by atoms with Crippen molar-refractivity contribution in [1.82, 2.24) is 44.5 Å². The van der Waals surface area contributed by atoms with E-state index >= 15 is 0 Å². The molecule has 32 heavy (non-hydrogen) atoms. The van der Waals surface area contributed by atoms with Gasteiger partial charge >= 0.3 is 11.8 Å². The molecule has 0 aromatic carbocycles. The molecule has 1 amide bonds. The van der Waals surface area contributed by atoms with Gasteiger partial charge in [-0.3, -0.25) is 9.48 Å². The van der Waals surface area contributed by atoms with Crippen LogP contribution in [0.15, 0.2) is 47.4 Å². The number of fused-ring (bicyclic) bond motifs is 2. The minimum atomic E-state index is -0.467. The number of H-pyrrole nitrogens is 1. The number of aromatic amines is 1. The van der Waals surface area contributed by atoms with Gasteiger partial charge in [-0.15, -0.1) is 10.2 Å². The zero-order valence-corrected chi connectivity index (χ0v) is 17.4. The number of hydrogen-bond acceptors (Lipinski definition) is 7. The third-order valence-corrected chi connectivity index (χ3v) is 5.72. The fourth-order valence-electron chi connectivity index (χ4n) is 4.18. The Kier molecular flexibility index (Phi) is 3.97. The first-order chi connectivity index (χ1) is 15.6. The number of pyridine rings is 1. The summed E-state index contributed by atoms with van der Waals surface area (Å²) in [7, 11) is 1.79. The van der Waals surface area contributed by atoms with Crippen LogP contribution in [0, 0.1) is 6.92 Å². The molecule has 11 heteroatoms. The van der Waals surface area contributed by atoms with E-state index in [2.05, 4.69) is 25.3 Å². The number of aryl methyl sites for hydroxylation is 2. The third kappa shape index (κ3) is 2.82. The lowest BCUT2D eigenvalue weighted by Gasteiger charge is -2.32. The second kappa shape index (κ2) is 6.87. The van der Waals surface area contributed by atoms with Crippen molar-refractivity contribution < 1.29 is 9.21 Å². The molecule has 0 saturated carbocycles. The zero-order valence-electron chi connectivity index (χ0n) is 17.4. The summed E-state index contributed by atoms with van der Waals surface area (Å²) in [5.74, 6) is -0.188. The Balaban J connectivity index is 1.41. The topological polar surface area (TPSA) is 123 Å². The van der Waals surface area contributed by atoms with E-state index in [1.165, 1.54) is 0 Å². The highest BCUT2D eigenvalue weighted by Crippen LogP contribution is 2.34. The number of carbonyl (C=O) groups is 1. The molecule has 0 spiro atoms. The van der Waals surface area contributed by atoms with E-state index in [4.69, 9.17) is 9.52 Å². The summed E-state index contributed by atoms with van der Waals surface area (Å²) >= 11 is 0.